The number of anilines is 1. The van der Waals surface area contributed by atoms with Gasteiger partial charge in [0.25, 0.3) is 0 Å². The van der Waals surface area contributed by atoms with Gasteiger partial charge in [-0.3, -0.25) is 4.79 Å². The highest BCUT2D eigenvalue weighted by Crippen LogP contribution is 2.39. The van der Waals surface area contributed by atoms with Crippen molar-refractivity contribution in [1.82, 2.24) is 14.8 Å². The minimum Gasteiger partial charge on any atom is -0.316 e. The molecule has 2 aliphatic rings. The molecule has 8 heteroatoms. The van der Waals surface area contributed by atoms with Crippen LogP contribution in [0.2, 0.25) is 0 Å². The molecule has 0 aliphatic heterocycles. The Balaban J connectivity index is 1.47. The third-order valence-corrected chi connectivity index (χ3v) is 7.18. The second kappa shape index (κ2) is 7.41. The molecule has 2 aromatic rings. The SMILES string of the molecule is CC(Sc1nncn1C1CC1)C(=O)Nc1sc2c(c1C#N)CCCCC2. The van der Waals surface area contributed by atoms with Crippen molar-refractivity contribution in [3.8, 4) is 6.07 Å². The molecule has 1 N–H and O–H groups in total. The van der Waals surface area contributed by atoms with Gasteiger partial charge in [0.05, 0.1) is 10.8 Å². The number of fused-ring (bicyclic) bond motifs is 1. The zero-order chi connectivity index (χ0) is 18.1. The molecule has 2 aliphatic carbocycles. The third kappa shape index (κ3) is 3.51. The number of carbonyl (C=O) groups is 1. The molecule has 0 bridgehead atoms. The quantitative estimate of drug-likeness (QED) is 0.621. The molecule has 0 radical (unpaired) electrons. The van der Waals surface area contributed by atoms with Gasteiger partial charge in [-0.15, -0.1) is 21.5 Å². The minimum atomic E-state index is -0.301. The van der Waals surface area contributed by atoms with Crippen molar-refractivity contribution in [2.75, 3.05) is 5.32 Å². The highest BCUT2D eigenvalue weighted by molar-refractivity contribution is 8.00. The van der Waals surface area contributed by atoms with Crippen LogP contribution in [-0.4, -0.2) is 25.9 Å². The van der Waals surface area contributed by atoms with E-state index in [9.17, 15) is 10.1 Å². The van der Waals surface area contributed by atoms with Crippen LogP contribution < -0.4 is 5.32 Å². The van der Waals surface area contributed by atoms with E-state index in [0.29, 0.717) is 16.6 Å². The summed E-state index contributed by atoms with van der Waals surface area (Å²) in [6.07, 6.45) is 9.50. The maximum atomic E-state index is 12.7. The largest absolute Gasteiger partial charge is 0.316 e. The lowest BCUT2D eigenvalue weighted by Crippen LogP contribution is -2.22. The molecule has 1 atom stereocenters. The molecule has 0 spiro atoms. The van der Waals surface area contributed by atoms with Crippen molar-refractivity contribution in [3.63, 3.8) is 0 Å². The Labute approximate surface area is 161 Å². The summed E-state index contributed by atoms with van der Waals surface area (Å²) >= 11 is 3.00. The van der Waals surface area contributed by atoms with Crippen LogP contribution in [0.3, 0.4) is 0 Å². The van der Waals surface area contributed by atoms with Gasteiger partial charge in [0.15, 0.2) is 5.16 Å². The number of carbonyl (C=O) groups excluding carboxylic acids is 1. The van der Waals surface area contributed by atoms with Gasteiger partial charge in [-0.25, -0.2) is 0 Å². The Morgan fingerprint density at radius 1 is 1.42 bits per heavy atom. The highest BCUT2D eigenvalue weighted by atomic mass is 32.2. The first-order valence-electron chi connectivity index (χ1n) is 9.09. The first-order chi connectivity index (χ1) is 12.7. The molecule has 4 rings (SSSR count). The standard InChI is InChI=1S/C18H21N5OS2/c1-11(25-18-22-20-10-23(18)12-7-8-12)16(24)21-17-14(9-19)13-5-3-2-4-6-15(13)26-17/h10-12H,2-8H2,1H3,(H,21,24). The molecule has 1 unspecified atom stereocenters. The number of thioether (sulfide) groups is 1. The monoisotopic (exact) mass is 387 g/mol. The Hall–Kier alpha value is -1.85. The molecule has 2 aromatic heterocycles. The Bertz CT molecular complexity index is 862. The predicted molar refractivity (Wildman–Crippen MR) is 103 cm³/mol. The van der Waals surface area contributed by atoms with Crippen LogP contribution in [0.1, 0.15) is 61.1 Å². The first kappa shape index (κ1) is 17.6. The summed E-state index contributed by atoms with van der Waals surface area (Å²) in [5, 5.41) is 21.9. The van der Waals surface area contributed by atoms with Crippen LogP contribution in [-0.2, 0) is 17.6 Å². The van der Waals surface area contributed by atoms with Gasteiger partial charge in [-0.05, 0) is 51.0 Å². The van der Waals surface area contributed by atoms with Crippen molar-refractivity contribution < 1.29 is 4.79 Å². The Kier molecular flexibility index (Phi) is 5.00. The van der Waals surface area contributed by atoms with E-state index < -0.39 is 0 Å². The summed E-state index contributed by atoms with van der Waals surface area (Å²) in [6.45, 7) is 1.87. The van der Waals surface area contributed by atoms with E-state index in [0.717, 1.165) is 49.2 Å². The van der Waals surface area contributed by atoms with Crippen molar-refractivity contribution >= 4 is 34.0 Å². The zero-order valence-corrected chi connectivity index (χ0v) is 16.3. The van der Waals surface area contributed by atoms with Crippen LogP contribution in [0.4, 0.5) is 5.00 Å². The fourth-order valence-electron chi connectivity index (χ4n) is 3.29. The molecule has 26 heavy (non-hydrogen) atoms. The maximum Gasteiger partial charge on any atom is 0.238 e. The van der Waals surface area contributed by atoms with Gasteiger partial charge >= 0.3 is 0 Å². The highest BCUT2D eigenvalue weighted by Gasteiger charge is 2.28. The fraction of sp³-hybridized carbons (Fsp3) is 0.556. The van der Waals surface area contributed by atoms with Gasteiger partial charge in [0, 0.05) is 10.9 Å². The van der Waals surface area contributed by atoms with Gasteiger partial charge in [-0.2, -0.15) is 5.26 Å². The zero-order valence-electron chi connectivity index (χ0n) is 14.7. The lowest BCUT2D eigenvalue weighted by molar-refractivity contribution is -0.115. The normalized spacial score (nSPS) is 17.8. The second-order valence-electron chi connectivity index (χ2n) is 6.88. The van der Waals surface area contributed by atoms with E-state index in [2.05, 4.69) is 26.2 Å². The number of amides is 1. The summed E-state index contributed by atoms with van der Waals surface area (Å²) in [5.41, 5.74) is 1.82. The average molecular weight is 388 g/mol. The van der Waals surface area contributed by atoms with E-state index in [1.807, 2.05) is 6.92 Å². The number of nitrogens with zero attached hydrogens (tertiary/aromatic N) is 4. The summed E-state index contributed by atoms with van der Waals surface area (Å²) in [4.78, 5) is 14.0. The second-order valence-corrected chi connectivity index (χ2v) is 9.29. The molecule has 136 valence electrons. The predicted octanol–water partition coefficient (Wildman–Crippen LogP) is 3.93. The lowest BCUT2D eigenvalue weighted by atomic mass is 10.1. The third-order valence-electron chi connectivity index (χ3n) is 4.90. The number of hydrogen-bond acceptors (Lipinski definition) is 6. The molecule has 1 saturated carbocycles. The van der Waals surface area contributed by atoms with Gasteiger partial charge in [0.2, 0.25) is 5.91 Å². The van der Waals surface area contributed by atoms with Crippen LogP contribution >= 0.6 is 23.1 Å². The summed E-state index contributed by atoms with van der Waals surface area (Å²) in [5.74, 6) is -0.0896. The summed E-state index contributed by atoms with van der Waals surface area (Å²) < 4.78 is 2.06. The smallest absolute Gasteiger partial charge is 0.238 e. The lowest BCUT2D eigenvalue weighted by Gasteiger charge is -2.11. The molecule has 2 heterocycles. The van der Waals surface area contributed by atoms with E-state index >= 15 is 0 Å². The number of nitrogens with one attached hydrogen (secondary N) is 1. The Morgan fingerprint density at radius 3 is 3.00 bits per heavy atom. The van der Waals surface area contributed by atoms with Crippen LogP contribution in [0, 0.1) is 11.3 Å². The molecular formula is C18H21N5OS2. The number of nitriles is 1. The van der Waals surface area contributed by atoms with Crippen molar-refractivity contribution in [2.45, 2.75) is 68.3 Å². The van der Waals surface area contributed by atoms with Crippen LogP contribution in [0.25, 0.3) is 0 Å². The first-order valence-corrected chi connectivity index (χ1v) is 10.8. The van der Waals surface area contributed by atoms with Gasteiger partial charge in [-0.1, -0.05) is 18.2 Å². The average Bonchev–Trinajstić information content (AvgIpc) is 3.35. The summed E-state index contributed by atoms with van der Waals surface area (Å²) in [7, 11) is 0. The number of rotatable bonds is 5. The number of aryl methyl sites for hydroxylation is 1. The van der Waals surface area contributed by atoms with Crippen molar-refractivity contribution in [2.24, 2.45) is 0 Å². The summed E-state index contributed by atoms with van der Waals surface area (Å²) in [6, 6.07) is 2.80. The maximum absolute atomic E-state index is 12.7. The number of aromatic nitrogens is 3. The number of thiophene rings is 1. The fourth-order valence-corrected chi connectivity index (χ4v) is 5.43. The molecule has 6 nitrogen and oxygen atoms in total. The number of hydrogen-bond donors (Lipinski definition) is 1. The topological polar surface area (TPSA) is 83.6 Å². The van der Waals surface area contributed by atoms with Crippen molar-refractivity contribution in [3.05, 3.63) is 22.3 Å². The Morgan fingerprint density at radius 2 is 2.23 bits per heavy atom. The molecule has 0 aromatic carbocycles. The molecule has 1 amide bonds. The van der Waals surface area contributed by atoms with E-state index in [-0.39, 0.29) is 11.2 Å². The molecular weight excluding hydrogens is 366 g/mol. The van der Waals surface area contributed by atoms with Crippen molar-refractivity contribution in [1.29, 1.82) is 5.26 Å². The van der Waals surface area contributed by atoms with E-state index in [1.165, 1.54) is 23.1 Å². The van der Waals surface area contributed by atoms with Crippen LogP contribution in [0.5, 0.6) is 0 Å². The van der Waals surface area contributed by atoms with Crippen LogP contribution in [0.15, 0.2) is 11.5 Å². The molecule has 0 saturated heterocycles. The van der Waals surface area contributed by atoms with E-state index in [4.69, 9.17) is 0 Å². The van der Waals surface area contributed by atoms with Gasteiger partial charge in [0.1, 0.15) is 17.4 Å². The van der Waals surface area contributed by atoms with E-state index in [1.54, 1.807) is 17.7 Å². The van der Waals surface area contributed by atoms with Gasteiger partial charge < -0.3 is 9.88 Å². The molecule has 1 fully saturated rings. The minimum absolute atomic E-state index is 0.0896.